The van der Waals surface area contributed by atoms with Gasteiger partial charge >= 0.3 is 0 Å². The number of hydrogen-bond acceptors (Lipinski definition) is 3. The van der Waals surface area contributed by atoms with E-state index in [0.29, 0.717) is 0 Å². The second-order valence-corrected chi connectivity index (χ2v) is 8.06. The van der Waals surface area contributed by atoms with Gasteiger partial charge in [0.15, 0.2) is 5.96 Å². The fourth-order valence-corrected chi connectivity index (χ4v) is 3.47. The van der Waals surface area contributed by atoms with Crippen molar-refractivity contribution in [1.82, 2.24) is 15.6 Å². The number of thiazole rings is 1. The van der Waals surface area contributed by atoms with Gasteiger partial charge in [-0.3, -0.25) is 4.99 Å². The van der Waals surface area contributed by atoms with Gasteiger partial charge in [0, 0.05) is 23.9 Å². The van der Waals surface area contributed by atoms with Crippen LogP contribution in [0.1, 0.15) is 40.6 Å². The molecule has 0 saturated carbocycles. The summed E-state index contributed by atoms with van der Waals surface area (Å²) in [4.78, 5) is 10.1. The van der Waals surface area contributed by atoms with Crippen molar-refractivity contribution in [3.63, 3.8) is 0 Å². The average molecular weight is 472 g/mol. The molecule has 1 heterocycles. The molecule has 0 aliphatic carbocycles. The standard InChI is InChI=1S/C19H28N4S.HI/c1-13-8-7-9-16(10-13)19(4,5)12-22-18(20-6)21-11-17-14(2)23-15(3)24-17;/h7-10H,11-12H2,1-6H3,(H2,20,21,22);1H. The first-order valence-corrected chi connectivity index (χ1v) is 9.08. The summed E-state index contributed by atoms with van der Waals surface area (Å²) in [5.74, 6) is 0.821. The molecule has 0 bridgehead atoms. The topological polar surface area (TPSA) is 49.3 Å². The molecular weight excluding hydrogens is 443 g/mol. The molecule has 2 N–H and O–H groups in total. The maximum absolute atomic E-state index is 4.47. The van der Waals surface area contributed by atoms with E-state index in [9.17, 15) is 0 Å². The minimum absolute atomic E-state index is 0. The highest BCUT2D eigenvalue weighted by atomic mass is 127. The molecule has 6 heteroatoms. The van der Waals surface area contributed by atoms with Crippen LogP contribution in [-0.4, -0.2) is 24.5 Å². The van der Waals surface area contributed by atoms with Crippen LogP contribution < -0.4 is 10.6 Å². The Morgan fingerprint density at radius 1 is 1.20 bits per heavy atom. The van der Waals surface area contributed by atoms with Gasteiger partial charge in [-0.25, -0.2) is 4.98 Å². The third-order valence-corrected chi connectivity index (χ3v) is 5.21. The van der Waals surface area contributed by atoms with Crippen LogP contribution in [-0.2, 0) is 12.0 Å². The van der Waals surface area contributed by atoms with E-state index in [1.165, 1.54) is 16.0 Å². The molecule has 0 spiro atoms. The second kappa shape index (κ2) is 9.52. The Morgan fingerprint density at radius 3 is 2.48 bits per heavy atom. The highest BCUT2D eigenvalue weighted by Gasteiger charge is 2.21. The summed E-state index contributed by atoms with van der Waals surface area (Å²) in [5, 5.41) is 7.94. The smallest absolute Gasteiger partial charge is 0.191 e. The number of hydrogen-bond donors (Lipinski definition) is 2. The van der Waals surface area contributed by atoms with Crippen LogP contribution in [0.25, 0.3) is 0 Å². The Hall–Kier alpha value is -1.15. The number of benzene rings is 1. The van der Waals surface area contributed by atoms with Crippen molar-refractivity contribution < 1.29 is 0 Å². The predicted octanol–water partition coefficient (Wildman–Crippen LogP) is 4.33. The molecular formula is C19H29IN4S. The van der Waals surface area contributed by atoms with Crippen molar-refractivity contribution in [2.24, 2.45) is 4.99 Å². The van der Waals surface area contributed by atoms with Crippen molar-refractivity contribution in [1.29, 1.82) is 0 Å². The van der Waals surface area contributed by atoms with Crippen LogP contribution in [0, 0.1) is 20.8 Å². The number of aromatic nitrogens is 1. The number of nitrogens with zero attached hydrogens (tertiary/aromatic N) is 2. The Labute approximate surface area is 172 Å². The first-order chi connectivity index (χ1) is 11.3. The molecule has 0 unspecified atom stereocenters. The zero-order valence-electron chi connectivity index (χ0n) is 15.9. The summed E-state index contributed by atoms with van der Waals surface area (Å²) < 4.78 is 0. The van der Waals surface area contributed by atoms with E-state index < -0.39 is 0 Å². The predicted molar refractivity (Wildman–Crippen MR) is 119 cm³/mol. The van der Waals surface area contributed by atoms with Crippen molar-refractivity contribution >= 4 is 41.3 Å². The maximum atomic E-state index is 4.47. The molecule has 0 fully saturated rings. The summed E-state index contributed by atoms with van der Waals surface area (Å²) >= 11 is 1.73. The molecule has 0 aliphatic heterocycles. The molecule has 1 aromatic carbocycles. The number of nitrogens with one attached hydrogen (secondary N) is 2. The van der Waals surface area contributed by atoms with Crippen molar-refractivity contribution in [3.8, 4) is 0 Å². The third kappa shape index (κ3) is 6.26. The third-order valence-electron chi connectivity index (χ3n) is 4.14. The highest BCUT2D eigenvalue weighted by molar-refractivity contribution is 14.0. The van der Waals surface area contributed by atoms with Gasteiger partial charge in [-0.1, -0.05) is 43.7 Å². The minimum Gasteiger partial charge on any atom is -0.356 e. The van der Waals surface area contributed by atoms with Crippen LogP contribution >= 0.6 is 35.3 Å². The van der Waals surface area contributed by atoms with Gasteiger partial charge in [0.1, 0.15) is 0 Å². The molecule has 0 radical (unpaired) electrons. The van der Waals surface area contributed by atoms with E-state index in [4.69, 9.17) is 0 Å². The molecule has 2 rings (SSSR count). The van der Waals surface area contributed by atoms with Gasteiger partial charge in [-0.15, -0.1) is 35.3 Å². The van der Waals surface area contributed by atoms with Gasteiger partial charge in [-0.05, 0) is 26.3 Å². The largest absolute Gasteiger partial charge is 0.356 e. The molecule has 0 amide bonds. The van der Waals surface area contributed by atoms with E-state index in [0.717, 1.165) is 29.8 Å². The number of rotatable bonds is 5. The van der Waals surface area contributed by atoms with Crippen LogP contribution in [0.2, 0.25) is 0 Å². The average Bonchev–Trinajstić information content (AvgIpc) is 2.85. The lowest BCUT2D eigenvalue weighted by molar-refractivity contribution is 0.508. The van der Waals surface area contributed by atoms with Crippen LogP contribution in [0.5, 0.6) is 0 Å². The molecule has 25 heavy (non-hydrogen) atoms. The fraction of sp³-hybridized carbons (Fsp3) is 0.474. The molecule has 0 saturated heterocycles. The quantitative estimate of drug-likeness (QED) is 0.387. The molecule has 0 aliphatic rings. The first kappa shape index (κ1) is 21.9. The summed E-state index contributed by atoms with van der Waals surface area (Å²) in [6.45, 7) is 12.3. The molecule has 1 aromatic heterocycles. The monoisotopic (exact) mass is 472 g/mol. The van der Waals surface area contributed by atoms with E-state index in [1.54, 1.807) is 18.4 Å². The van der Waals surface area contributed by atoms with Crippen molar-refractivity contribution in [3.05, 3.63) is 51.0 Å². The highest BCUT2D eigenvalue weighted by Crippen LogP contribution is 2.23. The lowest BCUT2D eigenvalue weighted by Gasteiger charge is -2.27. The Bertz CT molecular complexity index is 722. The Balaban J connectivity index is 0.00000312. The maximum Gasteiger partial charge on any atom is 0.191 e. The first-order valence-electron chi connectivity index (χ1n) is 8.26. The summed E-state index contributed by atoms with van der Waals surface area (Å²) in [6, 6.07) is 8.69. The van der Waals surface area contributed by atoms with E-state index in [-0.39, 0.29) is 29.4 Å². The Morgan fingerprint density at radius 2 is 1.92 bits per heavy atom. The number of halogens is 1. The van der Waals surface area contributed by atoms with E-state index >= 15 is 0 Å². The molecule has 4 nitrogen and oxygen atoms in total. The molecule has 138 valence electrons. The normalized spacial score (nSPS) is 11.8. The van der Waals surface area contributed by atoms with Gasteiger partial charge in [0.05, 0.1) is 17.2 Å². The zero-order chi connectivity index (χ0) is 17.7. The summed E-state index contributed by atoms with van der Waals surface area (Å²) in [5.41, 5.74) is 3.75. The lowest BCUT2D eigenvalue weighted by atomic mass is 9.84. The van der Waals surface area contributed by atoms with E-state index in [1.807, 2.05) is 6.92 Å². The van der Waals surface area contributed by atoms with Crippen molar-refractivity contribution in [2.45, 2.75) is 46.6 Å². The van der Waals surface area contributed by atoms with Gasteiger partial charge in [0.25, 0.3) is 0 Å². The van der Waals surface area contributed by atoms with Gasteiger partial charge < -0.3 is 10.6 Å². The van der Waals surface area contributed by atoms with Crippen molar-refractivity contribution in [2.75, 3.05) is 13.6 Å². The molecule has 0 atom stereocenters. The second-order valence-electron chi connectivity index (χ2n) is 6.77. The minimum atomic E-state index is 0. The summed E-state index contributed by atoms with van der Waals surface area (Å²) in [6.07, 6.45) is 0. The number of guanidine groups is 1. The van der Waals surface area contributed by atoms with E-state index in [2.05, 4.69) is 72.6 Å². The van der Waals surface area contributed by atoms with Crippen LogP contribution in [0.15, 0.2) is 29.3 Å². The lowest BCUT2D eigenvalue weighted by Crippen LogP contribution is -2.43. The number of aliphatic imine (C=N–C) groups is 1. The van der Waals surface area contributed by atoms with Gasteiger partial charge in [-0.2, -0.15) is 0 Å². The summed E-state index contributed by atoms with van der Waals surface area (Å²) in [7, 11) is 1.81. The fourth-order valence-electron chi connectivity index (χ4n) is 2.59. The molecule has 2 aromatic rings. The number of aryl methyl sites for hydroxylation is 3. The van der Waals surface area contributed by atoms with Gasteiger partial charge in [0.2, 0.25) is 0 Å². The SMILES string of the molecule is CN=C(NCc1sc(C)nc1C)NCC(C)(C)c1cccc(C)c1.I. The Kier molecular flexibility index (Phi) is 8.34. The van der Waals surface area contributed by atoms with Crippen LogP contribution in [0.4, 0.5) is 0 Å². The van der Waals surface area contributed by atoms with Crippen LogP contribution in [0.3, 0.4) is 0 Å². The zero-order valence-corrected chi connectivity index (χ0v) is 19.1.